The normalized spacial score (nSPS) is 12.2. The SMILES string of the molecule is CNS(=O)(=O)c1cc(NS(=O)(=O)c2cc(F)ccc2F)ccc1C. The van der Waals surface area contributed by atoms with Crippen LogP contribution in [0.3, 0.4) is 0 Å². The van der Waals surface area contributed by atoms with Gasteiger partial charge in [0.15, 0.2) is 0 Å². The number of rotatable bonds is 5. The molecule has 0 bridgehead atoms. The zero-order valence-corrected chi connectivity index (χ0v) is 14.3. The standard InChI is InChI=1S/C14H14F2N2O4S2/c1-9-3-5-11(8-13(9)23(19,20)17-2)18-24(21,22)14-7-10(15)4-6-12(14)16/h3-8,17-18H,1-2H3. The molecule has 0 saturated carbocycles. The van der Waals surface area contributed by atoms with E-state index in [1.807, 2.05) is 4.72 Å². The van der Waals surface area contributed by atoms with Crippen molar-refractivity contribution in [3.05, 3.63) is 53.6 Å². The van der Waals surface area contributed by atoms with Crippen LogP contribution in [-0.2, 0) is 20.0 Å². The quantitative estimate of drug-likeness (QED) is 0.835. The predicted octanol–water partition coefficient (Wildman–Crippen LogP) is 1.98. The van der Waals surface area contributed by atoms with Gasteiger partial charge in [-0.05, 0) is 49.9 Å². The number of sulfonamides is 2. The van der Waals surface area contributed by atoms with Gasteiger partial charge in [-0.3, -0.25) is 4.72 Å². The molecule has 0 aliphatic carbocycles. The molecule has 0 spiro atoms. The second-order valence-corrected chi connectivity index (χ2v) is 8.37. The smallest absolute Gasteiger partial charge is 0.264 e. The second kappa shape index (κ2) is 6.46. The number of anilines is 1. The van der Waals surface area contributed by atoms with Gasteiger partial charge in [0.2, 0.25) is 10.0 Å². The van der Waals surface area contributed by atoms with Crippen LogP contribution in [0.25, 0.3) is 0 Å². The minimum absolute atomic E-state index is 0.0990. The predicted molar refractivity (Wildman–Crippen MR) is 84.6 cm³/mol. The Hall–Kier alpha value is -2.04. The summed E-state index contributed by atoms with van der Waals surface area (Å²) in [5, 5.41) is 0. The van der Waals surface area contributed by atoms with Crippen molar-refractivity contribution in [2.75, 3.05) is 11.8 Å². The first kappa shape index (κ1) is 18.3. The Labute approximate surface area is 138 Å². The van der Waals surface area contributed by atoms with Crippen LogP contribution in [0.2, 0.25) is 0 Å². The average molecular weight is 376 g/mol. The van der Waals surface area contributed by atoms with Gasteiger partial charge in [0.25, 0.3) is 10.0 Å². The molecule has 2 aromatic rings. The number of halogens is 2. The Balaban J connectivity index is 2.48. The molecule has 2 aromatic carbocycles. The van der Waals surface area contributed by atoms with Crippen molar-refractivity contribution in [1.29, 1.82) is 0 Å². The summed E-state index contributed by atoms with van der Waals surface area (Å²) in [7, 11) is -7.02. The lowest BCUT2D eigenvalue weighted by atomic mass is 10.2. The zero-order valence-electron chi connectivity index (χ0n) is 12.7. The van der Waals surface area contributed by atoms with Crippen LogP contribution in [0.15, 0.2) is 46.2 Å². The van der Waals surface area contributed by atoms with Gasteiger partial charge in [-0.2, -0.15) is 0 Å². The van der Waals surface area contributed by atoms with E-state index in [1.165, 1.54) is 26.1 Å². The van der Waals surface area contributed by atoms with E-state index in [4.69, 9.17) is 0 Å². The molecular formula is C14H14F2N2O4S2. The second-order valence-electron chi connectivity index (χ2n) is 4.87. The van der Waals surface area contributed by atoms with Crippen LogP contribution in [0, 0.1) is 18.6 Å². The van der Waals surface area contributed by atoms with Crippen molar-refractivity contribution in [3.63, 3.8) is 0 Å². The number of hydrogen-bond acceptors (Lipinski definition) is 4. The minimum Gasteiger partial charge on any atom is -0.279 e. The van der Waals surface area contributed by atoms with Gasteiger partial charge in [-0.15, -0.1) is 0 Å². The molecule has 0 saturated heterocycles. The van der Waals surface area contributed by atoms with E-state index in [0.29, 0.717) is 17.7 Å². The summed E-state index contributed by atoms with van der Waals surface area (Å²) in [5.41, 5.74) is 0.294. The van der Waals surface area contributed by atoms with E-state index in [1.54, 1.807) is 0 Å². The van der Waals surface area contributed by atoms with E-state index in [-0.39, 0.29) is 10.6 Å². The summed E-state index contributed by atoms with van der Waals surface area (Å²) in [5.74, 6) is -2.04. The molecule has 0 atom stereocenters. The highest BCUT2D eigenvalue weighted by Crippen LogP contribution is 2.24. The van der Waals surface area contributed by atoms with E-state index < -0.39 is 36.6 Å². The maximum atomic E-state index is 13.7. The van der Waals surface area contributed by atoms with Crippen molar-refractivity contribution >= 4 is 25.7 Å². The molecule has 0 aliphatic rings. The third kappa shape index (κ3) is 3.71. The molecule has 0 aliphatic heterocycles. The van der Waals surface area contributed by atoms with Gasteiger partial charge in [-0.25, -0.2) is 30.3 Å². The van der Waals surface area contributed by atoms with Crippen LogP contribution < -0.4 is 9.44 Å². The average Bonchev–Trinajstić information content (AvgIpc) is 2.51. The number of nitrogens with one attached hydrogen (secondary N) is 2. The van der Waals surface area contributed by atoms with Crippen LogP contribution in [0.4, 0.5) is 14.5 Å². The highest BCUT2D eigenvalue weighted by atomic mass is 32.2. The van der Waals surface area contributed by atoms with Gasteiger partial charge in [0.1, 0.15) is 16.5 Å². The Morgan fingerprint density at radius 2 is 1.54 bits per heavy atom. The van der Waals surface area contributed by atoms with Crippen molar-refractivity contribution in [3.8, 4) is 0 Å². The third-order valence-corrected chi connectivity index (χ3v) is 6.13. The van der Waals surface area contributed by atoms with E-state index in [0.717, 1.165) is 12.1 Å². The van der Waals surface area contributed by atoms with Crippen LogP contribution in [0.1, 0.15) is 5.56 Å². The fourth-order valence-electron chi connectivity index (χ4n) is 1.96. The maximum Gasteiger partial charge on any atom is 0.264 e. The number of hydrogen-bond donors (Lipinski definition) is 2. The van der Waals surface area contributed by atoms with Crippen molar-refractivity contribution in [2.45, 2.75) is 16.7 Å². The Morgan fingerprint density at radius 1 is 0.875 bits per heavy atom. The Kier molecular flexibility index (Phi) is 4.92. The molecule has 2 N–H and O–H groups in total. The van der Waals surface area contributed by atoms with Gasteiger partial charge in [0, 0.05) is 0 Å². The van der Waals surface area contributed by atoms with Gasteiger partial charge >= 0.3 is 0 Å². The molecule has 10 heteroatoms. The number of benzene rings is 2. The summed E-state index contributed by atoms with van der Waals surface area (Å²) >= 11 is 0. The third-order valence-electron chi connectivity index (χ3n) is 3.18. The molecule has 6 nitrogen and oxygen atoms in total. The first-order chi connectivity index (χ1) is 11.1. The molecule has 0 unspecified atom stereocenters. The van der Waals surface area contributed by atoms with E-state index in [2.05, 4.69) is 4.72 Å². The lowest BCUT2D eigenvalue weighted by Crippen LogP contribution is -2.20. The molecule has 2 rings (SSSR count). The lowest BCUT2D eigenvalue weighted by Gasteiger charge is -2.12. The van der Waals surface area contributed by atoms with E-state index in [9.17, 15) is 25.6 Å². The highest BCUT2D eigenvalue weighted by molar-refractivity contribution is 7.92. The lowest BCUT2D eigenvalue weighted by molar-refractivity contribution is 0.555. The fourth-order valence-corrected chi connectivity index (χ4v) is 4.09. The molecule has 0 radical (unpaired) electrons. The van der Waals surface area contributed by atoms with Crippen molar-refractivity contribution in [2.24, 2.45) is 0 Å². The maximum absolute atomic E-state index is 13.7. The Morgan fingerprint density at radius 3 is 2.17 bits per heavy atom. The van der Waals surface area contributed by atoms with Crippen molar-refractivity contribution < 1.29 is 25.6 Å². The van der Waals surface area contributed by atoms with Gasteiger partial charge < -0.3 is 0 Å². The van der Waals surface area contributed by atoms with Gasteiger partial charge in [-0.1, -0.05) is 6.07 Å². The summed E-state index contributed by atoms with van der Waals surface area (Å²) < 4.78 is 79.2. The topological polar surface area (TPSA) is 92.3 Å². The Bertz CT molecular complexity index is 990. The molecular weight excluding hydrogens is 362 g/mol. The summed E-state index contributed by atoms with van der Waals surface area (Å²) in [6.07, 6.45) is 0. The monoisotopic (exact) mass is 376 g/mol. The molecule has 0 aromatic heterocycles. The van der Waals surface area contributed by atoms with Crippen LogP contribution in [-0.4, -0.2) is 23.9 Å². The molecule has 0 amide bonds. The first-order valence-electron chi connectivity index (χ1n) is 6.59. The summed E-state index contributed by atoms with van der Waals surface area (Å²) in [6, 6.07) is 5.82. The molecule has 24 heavy (non-hydrogen) atoms. The van der Waals surface area contributed by atoms with Crippen LogP contribution >= 0.6 is 0 Å². The summed E-state index contributed by atoms with van der Waals surface area (Å²) in [4.78, 5) is -1.01. The molecule has 130 valence electrons. The van der Waals surface area contributed by atoms with E-state index >= 15 is 0 Å². The fraction of sp³-hybridized carbons (Fsp3) is 0.143. The zero-order chi connectivity index (χ0) is 18.1. The molecule has 0 heterocycles. The number of aryl methyl sites for hydroxylation is 1. The van der Waals surface area contributed by atoms with Crippen molar-refractivity contribution in [1.82, 2.24) is 4.72 Å². The summed E-state index contributed by atoms with van der Waals surface area (Å²) in [6.45, 7) is 1.54. The highest BCUT2D eigenvalue weighted by Gasteiger charge is 2.22. The van der Waals surface area contributed by atoms with Crippen LogP contribution in [0.5, 0.6) is 0 Å². The largest absolute Gasteiger partial charge is 0.279 e. The molecule has 0 fully saturated rings. The first-order valence-corrected chi connectivity index (χ1v) is 9.55. The minimum atomic E-state index is -4.43. The van der Waals surface area contributed by atoms with Gasteiger partial charge in [0.05, 0.1) is 10.6 Å².